The van der Waals surface area contributed by atoms with E-state index in [1.165, 1.54) is 16.8 Å². The van der Waals surface area contributed by atoms with Gasteiger partial charge < -0.3 is 10.1 Å². The van der Waals surface area contributed by atoms with E-state index in [2.05, 4.69) is 48.1 Å². The van der Waals surface area contributed by atoms with Crippen molar-refractivity contribution in [3.63, 3.8) is 0 Å². The molecule has 0 saturated heterocycles. The van der Waals surface area contributed by atoms with Gasteiger partial charge in [-0.05, 0) is 63.1 Å². The van der Waals surface area contributed by atoms with Gasteiger partial charge in [0.05, 0.1) is 24.9 Å². The highest BCUT2D eigenvalue weighted by Crippen LogP contribution is 2.39. The number of aryl methyl sites for hydroxylation is 3. The minimum atomic E-state index is 0.266. The lowest BCUT2D eigenvalue weighted by Crippen LogP contribution is -2.33. The van der Waals surface area contributed by atoms with Gasteiger partial charge in [-0.2, -0.15) is 5.10 Å². The normalized spacial score (nSPS) is 21.1. The molecular formula is C17H23N3O. The van der Waals surface area contributed by atoms with Crippen LogP contribution in [0.4, 0.5) is 0 Å². The van der Waals surface area contributed by atoms with Crippen molar-refractivity contribution in [1.82, 2.24) is 15.1 Å². The topological polar surface area (TPSA) is 39.1 Å². The van der Waals surface area contributed by atoms with Crippen molar-refractivity contribution in [3.05, 3.63) is 46.8 Å². The van der Waals surface area contributed by atoms with Crippen molar-refractivity contribution in [3.8, 4) is 5.75 Å². The second-order valence-corrected chi connectivity index (χ2v) is 5.81. The Morgan fingerprint density at radius 3 is 2.71 bits per heavy atom. The lowest BCUT2D eigenvalue weighted by atomic mass is 9.84. The third kappa shape index (κ3) is 2.44. The van der Waals surface area contributed by atoms with Crippen molar-refractivity contribution in [2.75, 3.05) is 14.2 Å². The van der Waals surface area contributed by atoms with E-state index >= 15 is 0 Å². The molecule has 0 aliphatic heterocycles. The fourth-order valence-electron chi connectivity index (χ4n) is 3.49. The SMILES string of the molecule is CNC1c2cc(OC)ccc2CCC1n1nc(C)cc1C. The van der Waals surface area contributed by atoms with E-state index in [-0.39, 0.29) is 6.04 Å². The second kappa shape index (κ2) is 5.53. The third-order valence-corrected chi connectivity index (χ3v) is 4.45. The van der Waals surface area contributed by atoms with E-state index < -0.39 is 0 Å². The van der Waals surface area contributed by atoms with Gasteiger partial charge >= 0.3 is 0 Å². The molecule has 21 heavy (non-hydrogen) atoms. The number of benzene rings is 1. The molecule has 1 aliphatic rings. The predicted octanol–water partition coefficient (Wildman–Crippen LogP) is 2.96. The summed E-state index contributed by atoms with van der Waals surface area (Å²) in [6.07, 6.45) is 2.19. The minimum Gasteiger partial charge on any atom is -0.497 e. The van der Waals surface area contributed by atoms with E-state index in [0.29, 0.717) is 6.04 Å². The first-order chi connectivity index (χ1) is 10.1. The highest BCUT2D eigenvalue weighted by molar-refractivity contribution is 5.40. The minimum absolute atomic E-state index is 0.266. The number of likely N-dealkylation sites (N-methyl/N-ethyl adjacent to an activating group) is 1. The molecule has 0 radical (unpaired) electrons. The van der Waals surface area contributed by atoms with Crippen LogP contribution < -0.4 is 10.1 Å². The quantitative estimate of drug-likeness (QED) is 0.942. The molecule has 2 unspecified atom stereocenters. The summed E-state index contributed by atoms with van der Waals surface area (Å²) in [6.45, 7) is 4.19. The maximum Gasteiger partial charge on any atom is 0.119 e. The van der Waals surface area contributed by atoms with Crippen LogP contribution in [0.5, 0.6) is 5.75 Å². The molecule has 1 N–H and O–H groups in total. The Hall–Kier alpha value is -1.81. The summed E-state index contributed by atoms with van der Waals surface area (Å²) >= 11 is 0. The van der Waals surface area contributed by atoms with Crippen molar-refractivity contribution in [1.29, 1.82) is 0 Å². The van der Waals surface area contributed by atoms with Crippen LogP contribution in [0.15, 0.2) is 24.3 Å². The fourth-order valence-corrected chi connectivity index (χ4v) is 3.49. The first kappa shape index (κ1) is 14.1. The molecule has 0 fully saturated rings. The van der Waals surface area contributed by atoms with Crippen LogP contribution in [0, 0.1) is 13.8 Å². The Morgan fingerprint density at radius 1 is 1.29 bits per heavy atom. The average Bonchev–Trinajstić information content (AvgIpc) is 2.83. The number of rotatable bonds is 3. The highest BCUT2D eigenvalue weighted by Gasteiger charge is 2.31. The van der Waals surface area contributed by atoms with Crippen LogP contribution in [0.2, 0.25) is 0 Å². The van der Waals surface area contributed by atoms with Crippen molar-refractivity contribution < 1.29 is 4.74 Å². The Labute approximate surface area is 126 Å². The number of nitrogens with zero attached hydrogens (tertiary/aromatic N) is 2. The van der Waals surface area contributed by atoms with Gasteiger partial charge in [0.15, 0.2) is 0 Å². The van der Waals surface area contributed by atoms with Crippen LogP contribution in [0.3, 0.4) is 0 Å². The molecule has 112 valence electrons. The van der Waals surface area contributed by atoms with Crippen LogP contribution in [-0.2, 0) is 6.42 Å². The molecule has 4 heteroatoms. The Balaban J connectivity index is 2.03. The summed E-state index contributed by atoms with van der Waals surface area (Å²) in [5.41, 5.74) is 5.05. The summed E-state index contributed by atoms with van der Waals surface area (Å²) < 4.78 is 7.57. The molecular weight excluding hydrogens is 262 g/mol. The maximum absolute atomic E-state index is 5.39. The zero-order chi connectivity index (χ0) is 15.0. The van der Waals surface area contributed by atoms with Gasteiger partial charge in [0.25, 0.3) is 0 Å². The lowest BCUT2D eigenvalue weighted by Gasteiger charge is -2.34. The first-order valence-electron chi connectivity index (χ1n) is 7.51. The van der Waals surface area contributed by atoms with E-state index in [9.17, 15) is 0 Å². The van der Waals surface area contributed by atoms with Gasteiger partial charge in [0.2, 0.25) is 0 Å². The maximum atomic E-state index is 5.39. The number of fused-ring (bicyclic) bond motifs is 1. The van der Waals surface area contributed by atoms with Crippen LogP contribution >= 0.6 is 0 Å². The Morgan fingerprint density at radius 2 is 2.10 bits per heavy atom. The smallest absolute Gasteiger partial charge is 0.119 e. The summed E-state index contributed by atoms with van der Waals surface area (Å²) in [6, 6.07) is 9.16. The van der Waals surface area contributed by atoms with Gasteiger partial charge in [0.1, 0.15) is 5.75 Å². The lowest BCUT2D eigenvalue weighted by molar-refractivity contribution is 0.302. The molecule has 1 aliphatic carbocycles. The molecule has 3 rings (SSSR count). The average molecular weight is 285 g/mol. The fraction of sp³-hybridized carbons (Fsp3) is 0.471. The Bertz CT molecular complexity index is 647. The van der Waals surface area contributed by atoms with E-state index in [1.54, 1.807) is 7.11 Å². The number of aromatic nitrogens is 2. The summed E-state index contributed by atoms with van der Waals surface area (Å²) in [5.74, 6) is 0.919. The van der Waals surface area contributed by atoms with Crippen molar-refractivity contribution in [2.45, 2.75) is 38.8 Å². The molecule has 1 aromatic carbocycles. The summed E-state index contributed by atoms with van der Waals surface area (Å²) in [7, 11) is 3.75. The highest BCUT2D eigenvalue weighted by atomic mass is 16.5. The van der Waals surface area contributed by atoms with Crippen molar-refractivity contribution >= 4 is 0 Å². The second-order valence-electron chi connectivity index (χ2n) is 5.81. The van der Waals surface area contributed by atoms with E-state index in [1.807, 2.05) is 7.05 Å². The van der Waals surface area contributed by atoms with Crippen molar-refractivity contribution in [2.24, 2.45) is 0 Å². The number of methoxy groups -OCH3 is 1. The molecule has 2 atom stereocenters. The molecule has 1 aromatic heterocycles. The number of hydrogen-bond donors (Lipinski definition) is 1. The van der Waals surface area contributed by atoms with Crippen LogP contribution in [-0.4, -0.2) is 23.9 Å². The molecule has 0 spiro atoms. The zero-order valence-electron chi connectivity index (χ0n) is 13.2. The molecule has 4 nitrogen and oxygen atoms in total. The van der Waals surface area contributed by atoms with Gasteiger partial charge in [-0.1, -0.05) is 6.07 Å². The number of ether oxygens (including phenoxy) is 1. The first-order valence-corrected chi connectivity index (χ1v) is 7.51. The Kier molecular flexibility index (Phi) is 3.72. The zero-order valence-corrected chi connectivity index (χ0v) is 13.2. The summed E-state index contributed by atoms with van der Waals surface area (Å²) in [4.78, 5) is 0. The number of nitrogens with one attached hydrogen (secondary N) is 1. The van der Waals surface area contributed by atoms with Crippen LogP contribution in [0.1, 0.15) is 41.0 Å². The van der Waals surface area contributed by atoms with Gasteiger partial charge in [0, 0.05) is 5.69 Å². The largest absolute Gasteiger partial charge is 0.497 e. The predicted molar refractivity (Wildman–Crippen MR) is 83.9 cm³/mol. The number of hydrogen-bond acceptors (Lipinski definition) is 3. The van der Waals surface area contributed by atoms with Gasteiger partial charge in [-0.15, -0.1) is 0 Å². The van der Waals surface area contributed by atoms with E-state index in [0.717, 1.165) is 24.3 Å². The molecule has 0 amide bonds. The standard InChI is InChI=1S/C17H23N3O/c1-11-9-12(2)20(19-11)16-8-6-13-5-7-14(21-4)10-15(13)17(16)18-3/h5,7,9-10,16-18H,6,8H2,1-4H3. The van der Waals surface area contributed by atoms with Crippen LogP contribution in [0.25, 0.3) is 0 Å². The van der Waals surface area contributed by atoms with Gasteiger partial charge in [-0.25, -0.2) is 0 Å². The van der Waals surface area contributed by atoms with Gasteiger partial charge in [-0.3, -0.25) is 4.68 Å². The van der Waals surface area contributed by atoms with E-state index in [4.69, 9.17) is 9.84 Å². The third-order valence-electron chi connectivity index (χ3n) is 4.45. The molecule has 2 aromatic rings. The molecule has 1 heterocycles. The summed E-state index contributed by atoms with van der Waals surface area (Å²) in [5, 5.41) is 8.17. The molecule has 0 saturated carbocycles. The monoisotopic (exact) mass is 285 g/mol. The molecule has 0 bridgehead atoms.